The van der Waals surface area contributed by atoms with Crippen molar-refractivity contribution in [3.8, 4) is 0 Å². The van der Waals surface area contributed by atoms with Crippen molar-refractivity contribution < 1.29 is 84.1 Å². The monoisotopic (exact) mass is 1550 g/mol. The number of fused-ring (bicyclic) bond motifs is 8. The van der Waals surface area contributed by atoms with Gasteiger partial charge in [0.1, 0.15) is 0 Å². The Kier molecular flexibility index (Phi) is 24.6. The summed E-state index contributed by atoms with van der Waals surface area (Å²) >= 11 is 0. The largest absolute Gasteiger partial charge is 2.00 e. The summed E-state index contributed by atoms with van der Waals surface area (Å²) in [7, 11) is 0. The first-order chi connectivity index (χ1) is 38.4. The predicted molar refractivity (Wildman–Crippen MR) is 325 cm³/mol. The fourth-order valence-electron chi connectivity index (χ4n) is 10.7. The third kappa shape index (κ3) is 14.1. The van der Waals surface area contributed by atoms with E-state index in [0.717, 1.165) is 137 Å². The summed E-state index contributed by atoms with van der Waals surface area (Å²) in [5.74, 6) is 0. The van der Waals surface area contributed by atoms with E-state index in [2.05, 4.69) is 183 Å². The predicted octanol–water partition coefficient (Wildman–Crippen LogP) is 15.3. The minimum atomic E-state index is -0.366. The number of rotatable bonds is 4. The molecule has 16 heteroatoms. The molecule has 1 aliphatic rings. The molecule has 0 spiro atoms. The van der Waals surface area contributed by atoms with E-state index < -0.39 is 0 Å². The molecule has 12 bridgehead atoms. The summed E-state index contributed by atoms with van der Waals surface area (Å²) in [4.78, 5) is 48.4. The van der Waals surface area contributed by atoms with Crippen LogP contribution in [0.3, 0.4) is 0 Å². The Labute approximate surface area is 536 Å². The summed E-state index contributed by atoms with van der Waals surface area (Å²) in [6.45, 7) is 8.85. The standard InChI is InChI=1S/C58H48N8.2C5H5N.4O.2U/c1-5-57(6-2)53-25-21-41(63-53)33-59-49-17-9-13-37-29-39-15-11-19-51(47(39)31-45(37)49)61-35-43-23-27-55(65-43)58(7-3,8-4)56-28-24-44(66-56)36-62-52-20-12-16-40-30-38-14-10-18-50(46(38)32-48(40)52)60-34-42-22-26-54(57)64-42;2*1-2-4-6-5-3-1;;;;;;/h9-36H,5-8H2,1-4H3;2*1-5H;;;;;;/q-4;;;4*-2;;. The van der Waals surface area contributed by atoms with Crippen LogP contribution in [0.25, 0.3) is 43.1 Å². The molecule has 0 aliphatic carbocycles. The average molecular weight is 1560 g/mol. The van der Waals surface area contributed by atoms with Crippen molar-refractivity contribution in [2.75, 3.05) is 0 Å². The molecule has 424 valence electrons. The van der Waals surface area contributed by atoms with Gasteiger partial charge in [-0.05, 0) is 131 Å². The van der Waals surface area contributed by atoms with E-state index in [9.17, 15) is 0 Å². The first-order valence-corrected chi connectivity index (χ1v) is 26.7. The van der Waals surface area contributed by atoms with Crippen LogP contribution >= 0.6 is 0 Å². The Morgan fingerprint density at radius 3 is 0.750 bits per heavy atom. The van der Waals surface area contributed by atoms with E-state index in [0.29, 0.717) is 0 Å². The van der Waals surface area contributed by atoms with Gasteiger partial charge in [0, 0.05) is 133 Å². The van der Waals surface area contributed by atoms with E-state index in [1.807, 2.05) is 61.3 Å². The number of hydrogen-bond donors (Lipinski definition) is 0. The van der Waals surface area contributed by atoms with Crippen LogP contribution in [-0.4, -0.2) is 34.8 Å². The van der Waals surface area contributed by atoms with Crippen molar-refractivity contribution in [2.45, 2.75) is 64.2 Å². The van der Waals surface area contributed by atoms with E-state index in [1.54, 1.807) is 24.8 Å². The molecule has 0 fully saturated rings. The second-order valence-corrected chi connectivity index (χ2v) is 19.4. The van der Waals surface area contributed by atoms with Crippen LogP contribution in [0.1, 0.15) is 98.9 Å². The maximum atomic E-state index is 5.17. The third-order valence-corrected chi connectivity index (χ3v) is 15.2. The maximum Gasteiger partial charge on any atom is 0.0707 e. The van der Waals surface area contributed by atoms with Gasteiger partial charge in [-0.3, -0.25) is 29.9 Å². The second-order valence-electron chi connectivity index (χ2n) is 19.4. The molecule has 1 aliphatic heterocycles. The smallest absolute Gasteiger partial charge is 0.0707 e. The Balaban J connectivity index is 0.000000642. The molecule has 0 saturated heterocycles. The third-order valence-electron chi connectivity index (χ3n) is 15.2. The minimum absolute atomic E-state index is 0. The number of aromatic nitrogens is 6. The van der Waals surface area contributed by atoms with Gasteiger partial charge in [-0.15, -0.1) is 22.8 Å². The molecular formula is C68H58N10O4U2-12. The molecule has 0 radical (unpaired) electrons. The van der Waals surface area contributed by atoms with Gasteiger partial charge in [0.25, 0.3) is 0 Å². The van der Waals surface area contributed by atoms with Crippen molar-refractivity contribution >= 4 is 90.7 Å². The fourth-order valence-corrected chi connectivity index (χ4v) is 10.7. The normalized spacial score (nSPS) is 12.6. The van der Waals surface area contributed by atoms with Gasteiger partial charge in [0.05, 0.1) is 22.7 Å². The molecule has 12 aromatic rings. The number of nitrogens with zero attached hydrogens (tertiary/aromatic N) is 10. The van der Waals surface area contributed by atoms with Crippen molar-refractivity contribution in [1.82, 2.24) is 29.9 Å². The van der Waals surface area contributed by atoms with Crippen molar-refractivity contribution in [2.24, 2.45) is 20.0 Å². The zero-order valence-corrected chi connectivity index (χ0v) is 55.2. The Morgan fingerprint density at radius 2 is 0.548 bits per heavy atom. The number of hydrogen-bond acceptors (Lipinski definition) is 6. The summed E-state index contributed by atoms with van der Waals surface area (Å²) in [6, 6.07) is 62.1. The van der Waals surface area contributed by atoms with Crippen molar-refractivity contribution in [1.29, 1.82) is 0 Å². The van der Waals surface area contributed by atoms with E-state index in [1.165, 1.54) is 0 Å². The first kappa shape index (κ1) is 67.2. The van der Waals surface area contributed by atoms with Gasteiger partial charge >= 0.3 is 0 Å². The van der Waals surface area contributed by atoms with Gasteiger partial charge in [-0.1, -0.05) is 137 Å². The van der Waals surface area contributed by atoms with Gasteiger partial charge in [0.2, 0.25) is 0 Å². The van der Waals surface area contributed by atoms with Gasteiger partial charge in [-0.2, -0.15) is 22.8 Å². The molecule has 13 rings (SSSR count). The zero-order valence-electron chi connectivity index (χ0n) is 46.9. The molecule has 0 N–H and O–H groups in total. The van der Waals surface area contributed by atoms with E-state index in [4.69, 9.17) is 39.9 Å². The van der Waals surface area contributed by atoms with Crippen LogP contribution in [0.2, 0.25) is 0 Å². The summed E-state index contributed by atoms with van der Waals surface area (Å²) < 4.78 is 0. The molecule has 14 nitrogen and oxygen atoms in total. The quantitative estimate of drug-likeness (QED) is 0.155. The Hall–Kier alpha value is -7.60. The molecule has 84 heavy (non-hydrogen) atoms. The molecule has 0 amide bonds. The summed E-state index contributed by atoms with van der Waals surface area (Å²) in [6.07, 6.45) is 17.9. The summed E-state index contributed by atoms with van der Waals surface area (Å²) in [5, 5.41) is 8.63. The molecule has 0 saturated carbocycles. The maximum absolute atomic E-state index is 5.17. The molecule has 6 aromatic carbocycles. The molecule has 0 atom stereocenters. The van der Waals surface area contributed by atoms with Gasteiger partial charge in [0.15, 0.2) is 0 Å². The number of aliphatic imine (C=N–C) groups is 4. The van der Waals surface area contributed by atoms with Crippen LogP contribution in [0.5, 0.6) is 0 Å². The van der Waals surface area contributed by atoms with Crippen LogP contribution in [0.4, 0.5) is 22.7 Å². The van der Waals surface area contributed by atoms with Crippen LogP contribution in [-0.2, 0) is 32.7 Å². The van der Waals surface area contributed by atoms with Gasteiger partial charge < -0.3 is 41.8 Å². The van der Waals surface area contributed by atoms with Crippen molar-refractivity contribution in [3.05, 3.63) is 252 Å². The van der Waals surface area contributed by atoms with Crippen LogP contribution in [0.15, 0.2) is 227 Å². The number of benzene rings is 6. The molecule has 6 aromatic heterocycles. The molecular weight excluding hydrogens is 1500 g/mol. The second kappa shape index (κ2) is 30.8. The Morgan fingerprint density at radius 1 is 0.298 bits per heavy atom. The number of pyridine rings is 2. The first-order valence-electron chi connectivity index (χ1n) is 26.7. The SMILES string of the molecule is CCC1(CC)c2ccc([n-]2)C=Nc2cccc3cc4cccc(c4cc23)N=Cc2ccc([n-]2)C(CC)(CC)c2ccc([n-]2)C=Nc2cccc3cc4cccc(c4cc23)N=Cc2ccc1[n-]2.[O-2].[O-2].[O-2].[O-2].[U].[U].c1ccncc1.c1ccncc1. The molecule has 7 heterocycles. The van der Waals surface area contributed by atoms with E-state index in [-0.39, 0.29) is 95.0 Å². The van der Waals surface area contributed by atoms with E-state index >= 15 is 0 Å². The minimum Gasteiger partial charge on any atom is -2.00 e. The average Bonchev–Trinajstić information content (AvgIpc) is 2.71. The van der Waals surface area contributed by atoms with Crippen LogP contribution < -0.4 is 19.9 Å². The summed E-state index contributed by atoms with van der Waals surface area (Å²) in [5.41, 5.74) is 9.94. The molecule has 0 unspecified atom stereocenters. The van der Waals surface area contributed by atoms with Gasteiger partial charge in [-0.25, -0.2) is 0 Å². The van der Waals surface area contributed by atoms with Crippen LogP contribution in [0, 0.1) is 62.2 Å². The van der Waals surface area contributed by atoms with Crippen molar-refractivity contribution in [3.63, 3.8) is 0 Å². The fraction of sp³-hybridized carbons (Fsp3) is 0.147. The zero-order chi connectivity index (χ0) is 53.3. The Bertz CT molecular complexity index is 3600. The topological polar surface area (TPSA) is 246 Å².